The van der Waals surface area contributed by atoms with Crippen molar-refractivity contribution in [2.45, 2.75) is 38.6 Å². The van der Waals surface area contributed by atoms with Gasteiger partial charge in [0.1, 0.15) is 5.54 Å². The van der Waals surface area contributed by atoms with Crippen LogP contribution < -0.4 is 10.6 Å². The van der Waals surface area contributed by atoms with Gasteiger partial charge in [0.05, 0.1) is 11.8 Å². The fourth-order valence-electron chi connectivity index (χ4n) is 1.33. The molecule has 17 heavy (non-hydrogen) atoms. The maximum atomic E-state index is 11.1. The summed E-state index contributed by atoms with van der Waals surface area (Å²) >= 11 is 1.65. The fraction of sp³-hybridized carbons (Fsp3) is 0.833. The number of nitriles is 1. The molecule has 98 valence electrons. The first-order valence-corrected chi connectivity index (χ1v) is 7.18. The molecule has 1 atom stereocenters. The number of hydrogen-bond acceptors (Lipinski definition) is 4. The lowest BCUT2D eigenvalue weighted by Gasteiger charge is -2.20. The van der Waals surface area contributed by atoms with Gasteiger partial charge in [0, 0.05) is 6.54 Å². The third-order valence-electron chi connectivity index (χ3n) is 2.62. The van der Waals surface area contributed by atoms with Crippen LogP contribution in [-0.2, 0) is 4.79 Å². The molecule has 0 aliphatic carbocycles. The van der Waals surface area contributed by atoms with Gasteiger partial charge in [-0.05, 0) is 45.9 Å². The number of unbranched alkanes of at least 4 members (excludes halogenated alkanes) is 1. The van der Waals surface area contributed by atoms with Crippen molar-refractivity contribution in [1.82, 2.24) is 10.6 Å². The van der Waals surface area contributed by atoms with Gasteiger partial charge in [0.2, 0.25) is 5.91 Å². The Morgan fingerprint density at radius 1 is 1.47 bits per heavy atom. The molecule has 0 aromatic heterocycles. The predicted molar refractivity (Wildman–Crippen MR) is 72.9 cm³/mol. The summed E-state index contributed by atoms with van der Waals surface area (Å²) in [4.78, 5) is 11.1. The summed E-state index contributed by atoms with van der Waals surface area (Å²) in [6, 6.07) is 2.27. The van der Waals surface area contributed by atoms with Crippen molar-refractivity contribution >= 4 is 17.7 Å². The second-order valence-electron chi connectivity index (χ2n) is 4.16. The number of rotatable bonds is 9. The summed E-state index contributed by atoms with van der Waals surface area (Å²) < 4.78 is 0. The molecular formula is C12H23N3OS. The summed E-state index contributed by atoms with van der Waals surface area (Å²) in [6.07, 6.45) is 2.90. The first-order chi connectivity index (χ1) is 8.08. The number of hydrogen-bond donors (Lipinski definition) is 2. The summed E-state index contributed by atoms with van der Waals surface area (Å²) in [5, 5.41) is 14.7. The minimum Gasteiger partial charge on any atom is -0.356 e. The lowest BCUT2D eigenvalue weighted by Crippen LogP contribution is -2.37. The van der Waals surface area contributed by atoms with Crippen molar-refractivity contribution in [3.05, 3.63) is 0 Å². The molecule has 0 radical (unpaired) electrons. The van der Waals surface area contributed by atoms with Crippen molar-refractivity contribution in [1.29, 1.82) is 5.26 Å². The lowest BCUT2D eigenvalue weighted by molar-refractivity contribution is -0.118. The maximum absolute atomic E-state index is 11.1. The Morgan fingerprint density at radius 2 is 2.18 bits per heavy atom. The molecule has 0 saturated heterocycles. The second kappa shape index (κ2) is 9.32. The van der Waals surface area contributed by atoms with Gasteiger partial charge >= 0.3 is 0 Å². The van der Waals surface area contributed by atoms with E-state index in [1.54, 1.807) is 11.8 Å². The zero-order valence-corrected chi connectivity index (χ0v) is 11.8. The van der Waals surface area contributed by atoms with Gasteiger partial charge in [-0.25, -0.2) is 0 Å². The SMILES string of the molecule is CCNC(=O)CSCCCCC(C)(C#N)NC. The molecule has 1 amide bonds. The molecule has 0 fully saturated rings. The van der Waals surface area contributed by atoms with Crippen LogP contribution in [0, 0.1) is 11.3 Å². The van der Waals surface area contributed by atoms with Crippen LogP contribution in [0.2, 0.25) is 0 Å². The van der Waals surface area contributed by atoms with E-state index in [-0.39, 0.29) is 5.91 Å². The topological polar surface area (TPSA) is 64.9 Å². The third kappa shape index (κ3) is 8.06. The van der Waals surface area contributed by atoms with Crippen molar-refractivity contribution in [3.8, 4) is 6.07 Å². The van der Waals surface area contributed by atoms with Gasteiger partial charge in [-0.15, -0.1) is 0 Å². The molecule has 1 unspecified atom stereocenters. The molecule has 4 nitrogen and oxygen atoms in total. The van der Waals surface area contributed by atoms with Gasteiger partial charge in [-0.1, -0.05) is 0 Å². The summed E-state index contributed by atoms with van der Waals surface area (Å²) in [5.74, 6) is 1.62. The van der Waals surface area contributed by atoms with Gasteiger partial charge in [-0.3, -0.25) is 4.79 Å². The minimum atomic E-state index is -0.412. The second-order valence-corrected chi connectivity index (χ2v) is 5.26. The van der Waals surface area contributed by atoms with E-state index in [0.717, 1.165) is 25.0 Å². The van der Waals surface area contributed by atoms with Crippen LogP contribution in [0.3, 0.4) is 0 Å². The van der Waals surface area contributed by atoms with Gasteiger partial charge in [0.15, 0.2) is 0 Å². The van der Waals surface area contributed by atoms with Crippen molar-refractivity contribution in [2.75, 3.05) is 25.1 Å². The number of amides is 1. The molecule has 0 aliphatic heterocycles. The molecule has 0 bridgehead atoms. The Morgan fingerprint density at radius 3 is 2.71 bits per heavy atom. The van der Waals surface area contributed by atoms with Crippen LogP contribution in [0.15, 0.2) is 0 Å². The normalized spacial score (nSPS) is 13.8. The molecule has 0 aliphatic rings. The number of nitrogens with zero attached hydrogens (tertiary/aromatic N) is 1. The summed E-state index contributed by atoms with van der Waals surface area (Å²) in [7, 11) is 1.81. The molecule has 5 heteroatoms. The average molecular weight is 257 g/mol. The summed E-state index contributed by atoms with van der Waals surface area (Å²) in [6.45, 7) is 4.53. The minimum absolute atomic E-state index is 0.106. The maximum Gasteiger partial charge on any atom is 0.229 e. The van der Waals surface area contributed by atoms with Crippen molar-refractivity contribution in [2.24, 2.45) is 0 Å². The van der Waals surface area contributed by atoms with Gasteiger partial charge in [0.25, 0.3) is 0 Å². The Balaban J connectivity index is 3.47. The van der Waals surface area contributed by atoms with E-state index in [1.165, 1.54) is 0 Å². The monoisotopic (exact) mass is 257 g/mol. The van der Waals surface area contributed by atoms with Crippen LogP contribution >= 0.6 is 11.8 Å². The first-order valence-electron chi connectivity index (χ1n) is 6.02. The van der Waals surface area contributed by atoms with E-state index >= 15 is 0 Å². The number of thioether (sulfide) groups is 1. The smallest absolute Gasteiger partial charge is 0.229 e. The number of nitrogens with one attached hydrogen (secondary N) is 2. The fourth-order valence-corrected chi connectivity index (χ4v) is 2.17. The molecule has 0 heterocycles. The van der Waals surface area contributed by atoms with E-state index in [1.807, 2.05) is 20.9 Å². The molecule has 0 aromatic rings. The Hall–Kier alpha value is -0.730. The molecular weight excluding hydrogens is 234 g/mol. The highest BCUT2D eigenvalue weighted by Gasteiger charge is 2.19. The van der Waals surface area contributed by atoms with Crippen molar-refractivity contribution < 1.29 is 4.79 Å². The van der Waals surface area contributed by atoms with E-state index < -0.39 is 5.54 Å². The molecule has 0 spiro atoms. The molecule has 0 aromatic carbocycles. The lowest BCUT2D eigenvalue weighted by atomic mass is 9.97. The summed E-state index contributed by atoms with van der Waals surface area (Å²) in [5.41, 5.74) is -0.412. The quantitative estimate of drug-likeness (QED) is 0.615. The van der Waals surface area contributed by atoms with Gasteiger partial charge < -0.3 is 10.6 Å². The molecule has 2 N–H and O–H groups in total. The zero-order valence-electron chi connectivity index (χ0n) is 11.0. The largest absolute Gasteiger partial charge is 0.356 e. The average Bonchev–Trinajstić information content (AvgIpc) is 2.33. The highest BCUT2D eigenvalue weighted by molar-refractivity contribution is 7.99. The van der Waals surface area contributed by atoms with Crippen LogP contribution in [-0.4, -0.2) is 36.5 Å². The van der Waals surface area contributed by atoms with E-state index in [2.05, 4.69) is 16.7 Å². The molecule has 0 rings (SSSR count). The van der Waals surface area contributed by atoms with E-state index in [9.17, 15) is 4.79 Å². The van der Waals surface area contributed by atoms with Crippen molar-refractivity contribution in [3.63, 3.8) is 0 Å². The molecule has 0 saturated carbocycles. The third-order valence-corrected chi connectivity index (χ3v) is 3.66. The van der Waals surface area contributed by atoms with Crippen LogP contribution in [0.4, 0.5) is 0 Å². The van der Waals surface area contributed by atoms with Crippen LogP contribution in [0.5, 0.6) is 0 Å². The van der Waals surface area contributed by atoms with E-state index in [4.69, 9.17) is 5.26 Å². The standard InChI is InChI=1S/C12H23N3OS/c1-4-15-11(16)9-17-8-6-5-7-12(2,10-13)14-3/h14H,4-9H2,1-3H3,(H,15,16). The zero-order chi connectivity index (χ0) is 13.1. The Labute approximate surface area is 109 Å². The Kier molecular flexibility index (Phi) is 8.92. The highest BCUT2D eigenvalue weighted by Crippen LogP contribution is 2.14. The number of carbonyl (C=O) groups is 1. The van der Waals surface area contributed by atoms with Crippen LogP contribution in [0.25, 0.3) is 0 Å². The van der Waals surface area contributed by atoms with Gasteiger partial charge in [-0.2, -0.15) is 17.0 Å². The van der Waals surface area contributed by atoms with Crippen LogP contribution in [0.1, 0.15) is 33.1 Å². The first kappa shape index (κ1) is 16.3. The number of carbonyl (C=O) groups excluding carboxylic acids is 1. The van der Waals surface area contributed by atoms with E-state index in [0.29, 0.717) is 12.3 Å². The highest BCUT2D eigenvalue weighted by atomic mass is 32.2. The predicted octanol–water partition coefficient (Wildman–Crippen LogP) is 1.53. The Bertz CT molecular complexity index is 265.